The predicted octanol–water partition coefficient (Wildman–Crippen LogP) is 7.23. The summed E-state index contributed by atoms with van der Waals surface area (Å²) in [7, 11) is 3.28. The molecule has 1 unspecified atom stereocenters. The second-order valence-corrected chi connectivity index (χ2v) is 19.9. The van der Waals surface area contributed by atoms with Gasteiger partial charge >= 0.3 is 5.69 Å². The second kappa shape index (κ2) is 15.0. The lowest BCUT2D eigenvalue weighted by molar-refractivity contribution is -0.0914. The van der Waals surface area contributed by atoms with Crippen molar-refractivity contribution in [2.24, 2.45) is 0 Å². The number of aromatic amines is 1. The van der Waals surface area contributed by atoms with Crippen molar-refractivity contribution in [2.75, 3.05) is 27.4 Å². The first-order chi connectivity index (χ1) is 24.7. The van der Waals surface area contributed by atoms with Crippen LogP contribution in [0.4, 0.5) is 0 Å². The quantitative estimate of drug-likeness (QED) is 0.125. The molecule has 1 aromatic heterocycles. The van der Waals surface area contributed by atoms with Crippen LogP contribution in [0, 0.1) is 6.92 Å². The Bertz CT molecular complexity index is 1930. The Morgan fingerprint density at radius 1 is 0.922 bits per heavy atom. The second-order valence-electron chi connectivity index (χ2n) is 13.4. The van der Waals surface area contributed by atoms with Crippen molar-refractivity contribution in [3.8, 4) is 11.5 Å². The van der Waals surface area contributed by atoms with Gasteiger partial charge in [-0.25, -0.2) is 4.79 Å². The molecule has 1 saturated carbocycles. The maximum Gasteiger partial charge on any atom is 0.330 e. The fourth-order valence-corrected chi connectivity index (χ4v) is 14.4. The average Bonchev–Trinajstić information content (AvgIpc) is 3.70. The number of hydrogen-bond acceptors (Lipinski definition) is 10. The topological polar surface area (TPSA) is 110 Å². The van der Waals surface area contributed by atoms with Crippen LogP contribution >= 0.6 is 17.1 Å². The average molecular weight is 751 g/mol. The maximum absolute atomic E-state index is 13.1. The third-order valence-electron chi connectivity index (χ3n) is 10.1. The summed E-state index contributed by atoms with van der Waals surface area (Å²) in [5.74, 6) is 1.44. The third kappa shape index (κ3) is 7.38. The van der Waals surface area contributed by atoms with Crippen LogP contribution in [0.5, 0.6) is 11.5 Å². The Morgan fingerprint density at radius 3 is 2.14 bits per heavy atom. The van der Waals surface area contributed by atoms with E-state index in [9.17, 15) is 9.59 Å². The summed E-state index contributed by atoms with van der Waals surface area (Å²) < 4.78 is 39.5. The third-order valence-corrected chi connectivity index (χ3v) is 15.9. The Morgan fingerprint density at radius 2 is 1.53 bits per heavy atom. The molecular formula is C38H43N2O8PS2. The molecule has 270 valence electrons. The standard InChI is InChI=1S/C38H43N2O8PS2/c1-26-23-40(36(42)39-35(26)41)34-22-32(48-49(50)46-25-37(51-49)20-8-5-9-21-37)33(47-34)24-45-38(27-10-6-4-7-11-27,28-12-16-30(43-2)17-13-28)29-14-18-31(44-3)19-15-29/h4,6-7,10-19,23,32-34H,5,8-9,20-22,24-25H2,1-3H3,(H,39,41,42)/t32-,33+,34+,49?/m0/s1. The van der Waals surface area contributed by atoms with Crippen LogP contribution in [0.25, 0.3) is 0 Å². The van der Waals surface area contributed by atoms with Gasteiger partial charge in [0.15, 0.2) is 0 Å². The number of rotatable bonds is 11. The molecule has 1 aliphatic carbocycles. The largest absolute Gasteiger partial charge is 0.497 e. The molecule has 51 heavy (non-hydrogen) atoms. The van der Waals surface area contributed by atoms with E-state index in [0.29, 0.717) is 18.6 Å². The van der Waals surface area contributed by atoms with Gasteiger partial charge in [-0.05, 0) is 72.5 Å². The minimum Gasteiger partial charge on any atom is -0.497 e. The molecule has 10 nitrogen and oxygen atoms in total. The van der Waals surface area contributed by atoms with Gasteiger partial charge in [-0.2, -0.15) is 0 Å². The summed E-state index contributed by atoms with van der Waals surface area (Å²) in [5.41, 5.74) is -1.78. The smallest absolute Gasteiger partial charge is 0.330 e. The number of aromatic nitrogens is 2. The van der Waals surface area contributed by atoms with Crippen molar-refractivity contribution >= 4 is 28.9 Å². The molecule has 3 aromatic carbocycles. The Kier molecular flexibility index (Phi) is 10.7. The number of methoxy groups -OCH3 is 2. The normalized spacial score (nSPS) is 24.5. The highest BCUT2D eigenvalue weighted by molar-refractivity contribution is 8.68. The molecule has 4 atom stereocenters. The fraction of sp³-hybridized carbons (Fsp3) is 0.421. The van der Waals surface area contributed by atoms with E-state index in [1.54, 1.807) is 32.5 Å². The van der Waals surface area contributed by atoms with Crippen LogP contribution in [-0.4, -0.2) is 53.9 Å². The van der Waals surface area contributed by atoms with Crippen molar-refractivity contribution < 1.29 is 28.0 Å². The van der Waals surface area contributed by atoms with Crippen LogP contribution in [-0.2, 0) is 35.9 Å². The molecular weight excluding hydrogens is 708 g/mol. The first-order valence-electron chi connectivity index (χ1n) is 17.3. The molecule has 3 fully saturated rings. The van der Waals surface area contributed by atoms with Gasteiger partial charge < -0.3 is 28.0 Å². The molecule has 3 aliphatic rings. The van der Waals surface area contributed by atoms with Gasteiger partial charge in [-0.15, -0.1) is 0 Å². The Labute approximate surface area is 306 Å². The minimum atomic E-state index is -2.75. The summed E-state index contributed by atoms with van der Waals surface area (Å²) in [6, 6.07) is 25.7. The highest BCUT2D eigenvalue weighted by atomic mass is 32.9. The van der Waals surface area contributed by atoms with Crippen molar-refractivity contribution in [3.63, 3.8) is 0 Å². The van der Waals surface area contributed by atoms with Crippen LogP contribution in [0.2, 0.25) is 0 Å². The Balaban J connectivity index is 1.27. The summed E-state index contributed by atoms with van der Waals surface area (Å²) >= 11 is 7.85. The van der Waals surface area contributed by atoms with E-state index in [1.165, 1.54) is 17.2 Å². The van der Waals surface area contributed by atoms with Gasteiger partial charge in [0, 0.05) is 22.9 Å². The molecule has 2 aliphatic heterocycles. The summed E-state index contributed by atoms with van der Waals surface area (Å²) in [5, 5.41) is 0. The van der Waals surface area contributed by atoms with Crippen molar-refractivity contribution in [3.05, 3.63) is 128 Å². The molecule has 3 heterocycles. The van der Waals surface area contributed by atoms with Crippen molar-refractivity contribution in [1.29, 1.82) is 0 Å². The maximum atomic E-state index is 13.1. The molecule has 4 aromatic rings. The number of nitrogens with zero attached hydrogens (tertiary/aromatic N) is 1. The fourth-order valence-electron chi connectivity index (χ4n) is 7.35. The minimum absolute atomic E-state index is 0.0171. The predicted molar refractivity (Wildman–Crippen MR) is 201 cm³/mol. The van der Waals surface area contributed by atoms with Gasteiger partial charge in [0.2, 0.25) is 5.69 Å². The molecule has 2 saturated heterocycles. The summed E-state index contributed by atoms with van der Waals surface area (Å²) in [6.07, 6.45) is 5.60. The number of aryl methyl sites for hydroxylation is 1. The van der Waals surface area contributed by atoms with E-state index in [0.717, 1.165) is 53.9 Å². The number of ether oxygens (including phenoxy) is 4. The number of nitrogens with one attached hydrogen (secondary N) is 1. The molecule has 13 heteroatoms. The van der Waals surface area contributed by atoms with E-state index < -0.39 is 41.0 Å². The summed E-state index contributed by atoms with van der Waals surface area (Å²) in [6.45, 7) is 2.32. The SMILES string of the molecule is COc1ccc(C(OC[C@H]2O[C@@H](n3cc(C)c(=O)[nH]c3=O)C[C@@H]2OP2(=S)OCC3(CCCCC3)S2)(c2ccccc2)c2ccc(OC)cc2)cc1. The molecule has 0 amide bonds. The first-order valence-corrected chi connectivity index (χ1v) is 21.3. The number of H-pyrrole nitrogens is 1. The molecule has 1 spiro atoms. The summed E-state index contributed by atoms with van der Waals surface area (Å²) in [4.78, 5) is 27.7. The van der Waals surface area contributed by atoms with Crippen molar-refractivity contribution in [2.45, 2.75) is 74.2 Å². The lowest BCUT2D eigenvalue weighted by Crippen LogP contribution is -2.38. The van der Waals surface area contributed by atoms with Gasteiger partial charge in [-0.1, -0.05) is 85.2 Å². The van der Waals surface area contributed by atoms with Gasteiger partial charge in [0.25, 0.3) is 5.56 Å². The lowest BCUT2D eigenvalue weighted by Gasteiger charge is -2.37. The van der Waals surface area contributed by atoms with Crippen molar-refractivity contribution in [1.82, 2.24) is 9.55 Å². The van der Waals surface area contributed by atoms with E-state index in [2.05, 4.69) is 4.98 Å². The molecule has 0 radical (unpaired) electrons. The zero-order chi connectivity index (χ0) is 35.6. The first kappa shape index (κ1) is 36.2. The lowest BCUT2D eigenvalue weighted by atomic mass is 9.80. The van der Waals surface area contributed by atoms with Crippen LogP contribution in [0.3, 0.4) is 0 Å². The Hall–Kier alpha value is -3.22. The van der Waals surface area contributed by atoms with Gasteiger partial charge in [0.1, 0.15) is 29.4 Å². The van der Waals surface area contributed by atoms with E-state index in [-0.39, 0.29) is 11.4 Å². The van der Waals surface area contributed by atoms with E-state index in [4.69, 9.17) is 39.8 Å². The van der Waals surface area contributed by atoms with Crippen LogP contribution < -0.4 is 20.7 Å². The highest BCUT2D eigenvalue weighted by Gasteiger charge is 2.50. The van der Waals surface area contributed by atoms with Gasteiger partial charge in [0.05, 0.1) is 33.5 Å². The molecule has 0 bridgehead atoms. The highest BCUT2D eigenvalue weighted by Crippen LogP contribution is 2.74. The number of hydrogen-bond donors (Lipinski definition) is 1. The number of benzene rings is 3. The molecule has 7 rings (SSSR count). The molecule has 1 N–H and O–H groups in total. The van der Waals surface area contributed by atoms with E-state index >= 15 is 0 Å². The van der Waals surface area contributed by atoms with Gasteiger partial charge in [-0.3, -0.25) is 14.3 Å². The van der Waals surface area contributed by atoms with Crippen LogP contribution in [0.15, 0.2) is 94.6 Å². The monoisotopic (exact) mass is 750 g/mol. The van der Waals surface area contributed by atoms with Crippen LogP contribution in [0.1, 0.15) is 67.0 Å². The zero-order valence-corrected chi connectivity index (χ0v) is 31.5. The van der Waals surface area contributed by atoms with E-state index in [1.807, 2.05) is 78.9 Å². The zero-order valence-electron chi connectivity index (χ0n) is 28.9.